The molecule has 2 heterocycles. The average Bonchev–Trinajstić information content (AvgIpc) is 2.88. The third kappa shape index (κ3) is 3.12. The van der Waals surface area contributed by atoms with Crippen molar-refractivity contribution < 1.29 is 8.42 Å². The van der Waals surface area contributed by atoms with Gasteiger partial charge in [-0.2, -0.15) is 9.61 Å². The molecule has 6 nitrogen and oxygen atoms in total. The fourth-order valence-corrected chi connectivity index (χ4v) is 3.50. The number of aromatic nitrogens is 3. The van der Waals surface area contributed by atoms with Crippen molar-refractivity contribution in [3.63, 3.8) is 0 Å². The first-order chi connectivity index (χ1) is 11.2. The van der Waals surface area contributed by atoms with Crippen molar-refractivity contribution in [2.75, 3.05) is 4.72 Å². The van der Waals surface area contributed by atoms with Crippen LogP contribution in [0.25, 0.3) is 5.65 Å². The molecule has 0 aliphatic carbocycles. The minimum Gasteiger partial charge on any atom is -0.263 e. The molecule has 0 bridgehead atoms. The number of nitrogens with one attached hydrogen (secondary N) is 1. The van der Waals surface area contributed by atoms with Crippen LogP contribution in [0, 0.1) is 6.92 Å². The second-order valence-corrected chi connectivity index (χ2v) is 8.45. The van der Waals surface area contributed by atoms with Crippen molar-refractivity contribution in [3.05, 3.63) is 53.9 Å². The fraction of sp³-hybridized carbons (Fsp3) is 0.294. The molecule has 0 unspecified atom stereocenters. The van der Waals surface area contributed by atoms with Crippen LogP contribution < -0.4 is 4.72 Å². The Morgan fingerprint density at radius 3 is 2.58 bits per heavy atom. The summed E-state index contributed by atoms with van der Waals surface area (Å²) in [6, 6.07) is 10.4. The maximum Gasteiger partial charge on any atom is 0.263 e. The number of benzene rings is 1. The van der Waals surface area contributed by atoms with E-state index in [2.05, 4.69) is 14.8 Å². The Labute approximate surface area is 141 Å². The van der Waals surface area contributed by atoms with E-state index in [-0.39, 0.29) is 10.3 Å². The van der Waals surface area contributed by atoms with Crippen molar-refractivity contribution >= 4 is 21.5 Å². The van der Waals surface area contributed by atoms with Crippen molar-refractivity contribution in [2.24, 2.45) is 0 Å². The molecule has 2 aromatic heterocycles. The number of hydrogen-bond acceptors (Lipinski definition) is 4. The molecule has 0 saturated carbocycles. The molecule has 3 aromatic rings. The van der Waals surface area contributed by atoms with E-state index < -0.39 is 10.0 Å². The largest absolute Gasteiger partial charge is 0.263 e. The van der Waals surface area contributed by atoms with Gasteiger partial charge >= 0.3 is 0 Å². The molecule has 0 spiro atoms. The highest BCUT2D eigenvalue weighted by Gasteiger charge is 2.20. The Morgan fingerprint density at radius 2 is 1.88 bits per heavy atom. The van der Waals surface area contributed by atoms with Gasteiger partial charge in [-0.15, -0.1) is 0 Å². The maximum absolute atomic E-state index is 12.8. The predicted octanol–water partition coefficient (Wildman–Crippen LogP) is 3.14. The van der Waals surface area contributed by atoms with E-state index in [9.17, 15) is 8.42 Å². The summed E-state index contributed by atoms with van der Waals surface area (Å²) in [5.41, 5.74) is 2.19. The summed E-state index contributed by atoms with van der Waals surface area (Å²) in [6.45, 7) is 7.97. The van der Waals surface area contributed by atoms with Crippen molar-refractivity contribution in [1.29, 1.82) is 0 Å². The summed E-state index contributed by atoms with van der Waals surface area (Å²) >= 11 is 0. The SMILES string of the molecule is Cc1cc2nccc(NS(=O)(=O)c3cccc(C(C)(C)C)c3)n2n1. The van der Waals surface area contributed by atoms with Crippen LogP contribution in [-0.4, -0.2) is 23.0 Å². The molecule has 126 valence electrons. The zero-order valence-electron chi connectivity index (χ0n) is 14.1. The molecule has 0 fully saturated rings. The second kappa shape index (κ2) is 5.59. The first-order valence-corrected chi connectivity index (χ1v) is 9.10. The molecule has 24 heavy (non-hydrogen) atoms. The molecule has 1 aromatic carbocycles. The van der Waals surface area contributed by atoms with E-state index >= 15 is 0 Å². The van der Waals surface area contributed by atoms with E-state index in [4.69, 9.17) is 0 Å². The lowest BCUT2D eigenvalue weighted by Gasteiger charge is -2.20. The van der Waals surface area contributed by atoms with Crippen LogP contribution in [0.5, 0.6) is 0 Å². The van der Waals surface area contributed by atoms with Crippen molar-refractivity contribution in [3.8, 4) is 0 Å². The summed E-state index contributed by atoms with van der Waals surface area (Å²) in [5, 5.41) is 4.27. The number of rotatable bonds is 3. The molecule has 0 amide bonds. The number of anilines is 1. The normalized spacial score (nSPS) is 12.5. The van der Waals surface area contributed by atoms with Gasteiger partial charge in [-0.25, -0.2) is 13.4 Å². The van der Waals surface area contributed by atoms with Gasteiger partial charge in [0.05, 0.1) is 10.6 Å². The lowest BCUT2D eigenvalue weighted by molar-refractivity contribution is 0.585. The number of sulfonamides is 1. The lowest BCUT2D eigenvalue weighted by atomic mass is 9.87. The summed E-state index contributed by atoms with van der Waals surface area (Å²) in [4.78, 5) is 4.40. The van der Waals surface area contributed by atoms with Crippen LogP contribution in [0.15, 0.2) is 47.5 Å². The van der Waals surface area contributed by atoms with Gasteiger partial charge < -0.3 is 0 Å². The standard InChI is InChI=1S/C17H20N4O2S/c1-12-10-16-18-9-8-15(21(16)19-12)20-24(22,23)14-7-5-6-13(11-14)17(2,3)4/h5-11,20H,1-4H3. The molecule has 0 aliphatic heterocycles. The Balaban J connectivity index is 2.02. The van der Waals surface area contributed by atoms with Gasteiger partial charge in [0.1, 0.15) is 5.82 Å². The van der Waals surface area contributed by atoms with Crippen LogP contribution in [0.1, 0.15) is 32.0 Å². The van der Waals surface area contributed by atoms with E-state index in [1.54, 1.807) is 36.5 Å². The molecule has 0 aliphatic rings. The highest BCUT2D eigenvalue weighted by molar-refractivity contribution is 7.92. The molecule has 0 atom stereocenters. The first-order valence-electron chi connectivity index (χ1n) is 7.61. The summed E-state index contributed by atoms with van der Waals surface area (Å²) in [7, 11) is -3.72. The van der Waals surface area contributed by atoms with Crippen molar-refractivity contribution in [2.45, 2.75) is 38.0 Å². The van der Waals surface area contributed by atoms with Crippen LogP contribution in [-0.2, 0) is 15.4 Å². The predicted molar refractivity (Wildman–Crippen MR) is 93.7 cm³/mol. The van der Waals surface area contributed by atoms with E-state index in [0.29, 0.717) is 11.5 Å². The fourth-order valence-electron chi connectivity index (χ4n) is 2.41. The van der Waals surface area contributed by atoms with Gasteiger partial charge in [-0.3, -0.25) is 4.72 Å². The highest BCUT2D eigenvalue weighted by atomic mass is 32.2. The number of hydrogen-bond donors (Lipinski definition) is 1. The zero-order chi connectivity index (χ0) is 17.5. The molecular formula is C17H20N4O2S. The third-order valence-corrected chi connectivity index (χ3v) is 5.08. The van der Waals surface area contributed by atoms with Gasteiger partial charge in [0.2, 0.25) is 0 Å². The van der Waals surface area contributed by atoms with Gasteiger partial charge in [0.15, 0.2) is 5.65 Å². The van der Waals surface area contributed by atoms with Gasteiger partial charge in [0, 0.05) is 12.3 Å². The maximum atomic E-state index is 12.8. The Kier molecular flexibility index (Phi) is 3.83. The minimum atomic E-state index is -3.72. The summed E-state index contributed by atoms with van der Waals surface area (Å²) < 4.78 is 29.6. The average molecular weight is 344 g/mol. The number of aryl methyl sites for hydroxylation is 1. The molecule has 0 radical (unpaired) electrons. The lowest BCUT2D eigenvalue weighted by Crippen LogP contribution is -2.17. The van der Waals surface area contributed by atoms with Crippen LogP contribution in [0.3, 0.4) is 0 Å². The Hall–Kier alpha value is -2.41. The number of fused-ring (bicyclic) bond motifs is 1. The minimum absolute atomic E-state index is 0.130. The topological polar surface area (TPSA) is 76.4 Å². The van der Waals surface area contributed by atoms with Gasteiger partial charge in [0.25, 0.3) is 10.0 Å². The number of nitrogens with zero attached hydrogens (tertiary/aromatic N) is 3. The van der Waals surface area contributed by atoms with E-state index in [1.807, 2.05) is 33.8 Å². The summed E-state index contributed by atoms with van der Waals surface area (Å²) in [5.74, 6) is 0.356. The van der Waals surface area contributed by atoms with Crippen LogP contribution >= 0.6 is 0 Å². The Morgan fingerprint density at radius 1 is 1.12 bits per heavy atom. The second-order valence-electron chi connectivity index (χ2n) is 6.77. The molecule has 0 saturated heterocycles. The molecule has 7 heteroatoms. The van der Waals surface area contributed by atoms with Crippen LogP contribution in [0.2, 0.25) is 0 Å². The van der Waals surface area contributed by atoms with Crippen LogP contribution in [0.4, 0.5) is 5.82 Å². The Bertz CT molecular complexity index is 1000. The molecule has 1 N–H and O–H groups in total. The highest BCUT2D eigenvalue weighted by Crippen LogP contribution is 2.25. The molecular weight excluding hydrogens is 324 g/mol. The van der Waals surface area contributed by atoms with Gasteiger partial charge in [-0.05, 0) is 36.1 Å². The molecule has 3 rings (SSSR count). The van der Waals surface area contributed by atoms with E-state index in [1.165, 1.54) is 4.52 Å². The van der Waals surface area contributed by atoms with Crippen molar-refractivity contribution in [1.82, 2.24) is 14.6 Å². The van der Waals surface area contributed by atoms with Gasteiger partial charge in [-0.1, -0.05) is 32.9 Å². The quantitative estimate of drug-likeness (QED) is 0.792. The monoisotopic (exact) mass is 344 g/mol. The van der Waals surface area contributed by atoms with E-state index in [0.717, 1.165) is 11.3 Å². The zero-order valence-corrected chi connectivity index (χ0v) is 14.9. The smallest absolute Gasteiger partial charge is 0.263 e. The third-order valence-electron chi connectivity index (χ3n) is 3.73. The first kappa shape index (κ1) is 16.4. The summed E-state index contributed by atoms with van der Waals surface area (Å²) in [6.07, 6.45) is 1.56.